The van der Waals surface area contributed by atoms with E-state index >= 15 is 0 Å². The van der Waals surface area contributed by atoms with Crippen molar-refractivity contribution in [3.63, 3.8) is 0 Å². The highest BCUT2D eigenvalue weighted by molar-refractivity contribution is 9.10. The fraction of sp³-hybridized carbons (Fsp3) is 0.0333. The second kappa shape index (κ2) is 9.47. The van der Waals surface area contributed by atoms with Crippen LogP contribution in [0.1, 0.15) is 5.56 Å². The molecule has 0 saturated carbocycles. The Balaban J connectivity index is 1.68. The summed E-state index contributed by atoms with van der Waals surface area (Å²) in [5.74, 6) is 0.486. The first-order chi connectivity index (χ1) is 18.0. The summed E-state index contributed by atoms with van der Waals surface area (Å²) in [7, 11) is 0. The molecule has 4 aromatic carbocycles. The van der Waals surface area contributed by atoms with E-state index in [0.29, 0.717) is 33.1 Å². The lowest BCUT2D eigenvalue weighted by molar-refractivity contribution is 0.865. The second-order valence-electron chi connectivity index (χ2n) is 8.74. The molecule has 0 aliphatic rings. The standard InChI is InChI=1S/C30H20BrClN4O/c1-19-6-8-20(9-7-19)27-18-28(36(34-27)24-14-10-21(31)11-15-24)29-33-26-5-3-2-4-25(26)30(37)35(29)23-16-12-22(32)13-17-23/h2-18H,1H3. The van der Waals surface area contributed by atoms with E-state index in [-0.39, 0.29) is 5.56 Å². The number of aromatic nitrogens is 4. The maximum absolute atomic E-state index is 13.9. The lowest BCUT2D eigenvalue weighted by Gasteiger charge is -2.15. The molecule has 0 spiro atoms. The number of hydrogen-bond acceptors (Lipinski definition) is 3. The van der Waals surface area contributed by atoms with Gasteiger partial charge in [0.2, 0.25) is 0 Å². The number of halogens is 2. The van der Waals surface area contributed by atoms with Crippen molar-refractivity contribution in [1.82, 2.24) is 19.3 Å². The zero-order chi connectivity index (χ0) is 25.5. The van der Waals surface area contributed by atoms with Crippen molar-refractivity contribution < 1.29 is 0 Å². The summed E-state index contributed by atoms with van der Waals surface area (Å²) < 4.78 is 4.43. The van der Waals surface area contributed by atoms with Crippen LogP contribution in [0.15, 0.2) is 112 Å². The molecule has 37 heavy (non-hydrogen) atoms. The molecule has 0 aliphatic heterocycles. The van der Waals surface area contributed by atoms with Crippen LogP contribution in [-0.4, -0.2) is 19.3 Å². The van der Waals surface area contributed by atoms with Gasteiger partial charge in [0.25, 0.3) is 5.56 Å². The van der Waals surface area contributed by atoms with Gasteiger partial charge in [0.1, 0.15) is 5.69 Å². The molecule has 0 N–H and O–H groups in total. The van der Waals surface area contributed by atoms with Crippen LogP contribution in [0.2, 0.25) is 5.02 Å². The van der Waals surface area contributed by atoms with Gasteiger partial charge in [0, 0.05) is 15.1 Å². The average molecular weight is 568 g/mol. The highest BCUT2D eigenvalue weighted by atomic mass is 79.9. The molecule has 0 radical (unpaired) electrons. The molecule has 5 nitrogen and oxygen atoms in total. The number of fused-ring (bicyclic) bond motifs is 1. The van der Waals surface area contributed by atoms with Crippen molar-refractivity contribution in [3.05, 3.63) is 129 Å². The minimum atomic E-state index is -0.164. The lowest BCUT2D eigenvalue weighted by atomic mass is 10.1. The molecule has 2 heterocycles. The van der Waals surface area contributed by atoms with E-state index in [1.807, 2.05) is 77.5 Å². The van der Waals surface area contributed by atoms with Crippen molar-refractivity contribution >= 4 is 38.4 Å². The van der Waals surface area contributed by atoms with Gasteiger partial charge in [-0.25, -0.2) is 9.67 Å². The van der Waals surface area contributed by atoms with Gasteiger partial charge in [0.05, 0.1) is 28.0 Å². The van der Waals surface area contributed by atoms with E-state index in [4.69, 9.17) is 21.7 Å². The first-order valence-corrected chi connectivity index (χ1v) is 12.9. The third kappa shape index (κ3) is 4.39. The maximum atomic E-state index is 13.9. The molecule has 0 atom stereocenters. The zero-order valence-electron chi connectivity index (χ0n) is 19.8. The van der Waals surface area contributed by atoms with Gasteiger partial charge in [-0.1, -0.05) is 69.5 Å². The van der Waals surface area contributed by atoms with Crippen molar-refractivity contribution in [2.24, 2.45) is 0 Å². The molecule has 0 aliphatic carbocycles. The molecule has 6 rings (SSSR count). The van der Waals surface area contributed by atoms with Crippen LogP contribution in [0.5, 0.6) is 0 Å². The van der Waals surface area contributed by atoms with Crippen LogP contribution in [0.3, 0.4) is 0 Å². The van der Waals surface area contributed by atoms with Crippen LogP contribution >= 0.6 is 27.5 Å². The first kappa shape index (κ1) is 23.4. The minimum absolute atomic E-state index is 0.164. The van der Waals surface area contributed by atoms with Crippen molar-refractivity contribution in [2.75, 3.05) is 0 Å². The van der Waals surface area contributed by atoms with E-state index in [1.165, 1.54) is 5.56 Å². The summed E-state index contributed by atoms with van der Waals surface area (Å²) >= 11 is 9.69. The monoisotopic (exact) mass is 566 g/mol. The van der Waals surface area contributed by atoms with Crippen molar-refractivity contribution in [2.45, 2.75) is 6.92 Å². The number of nitrogens with zero attached hydrogens (tertiary/aromatic N) is 4. The smallest absolute Gasteiger partial charge is 0.266 e. The van der Waals surface area contributed by atoms with Crippen molar-refractivity contribution in [3.8, 4) is 34.2 Å². The Hall–Kier alpha value is -4.00. The van der Waals surface area contributed by atoms with Crippen LogP contribution in [-0.2, 0) is 0 Å². The Kier molecular flexibility index (Phi) is 5.99. The molecule has 6 aromatic rings. The van der Waals surface area contributed by atoms with Gasteiger partial charge in [-0.05, 0) is 73.7 Å². The fourth-order valence-corrected chi connectivity index (χ4v) is 4.71. The van der Waals surface area contributed by atoms with E-state index in [9.17, 15) is 4.79 Å². The molecule has 0 bridgehead atoms. The summed E-state index contributed by atoms with van der Waals surface area (Å²) in [6.07, 6.45) is 0. The van der Waals surface area contributed by atoms with Gasteiger partial charge >= 0.3 is 0 Å². The van der Waals surface area contributed by atoms with Gasteiger partial charge in [-0.3, -0.25) is 9.36 Å². The Morgan fingerprint density at radius 1 is 0.811 bits per heavy atom. The highest BCUT2D eigenvalue weighted by Crippen LogP contribution is 2.30. The molecule has 0 fully saturated rings. The normalized spacial score (nSPS) is 11.2. The zero-order valence-corrected chi connectivity index (χ0v) is 22.1. The molecule has 2 aromatic heterocycles. The molecular formula is C30H20BrClN4O. The first-order valence-electron chi connectivity index (χ1n) is 11.7. The van der Waals surface area contributed by atoms with Gasteiger partial charge in [-0.15, -0.1) is 0 Å². The fourth-order valence-electron chi connectivity index (χ4n) is 4.32. The average Bonchev–Trinajstić information content (AvgIpc) is 3.35. The van der Waals surface area contributed by atoms with Gasteiger partial charge in [0.15, 0.2) is 5.82 Å². The van der Waals surface area contributed by atoms with E-state index in [0.717, 1.165) is 21.4 Å². The van der Waals surface area contributed by atoms with E-state index in [1.54, 1.807) is 22.8 Å². The minimum Gasteiger partial charge on any atom is -0.268 e. The quantitative estimate of drug-likeness (QED) is 0.220. The molecule has 0 saturated heterocycles. The van der Waals surface area contributed by atoms with E-state index in [2.05, 4.69) is 35.0 Å². The van der Waals surface area contributed by atoms with E-state index < -0.39 is 0 Å². The number of benzene rings is 4. The highest BCUT2D eigenvalue weighted by Gasteiger charge is 2.21. The predicted molar refractivity (Wildman–Crippen MR) is 153 cm³/mol. The molecule has 0 amide bonds. The Morgan fingerprint density at radius 3 is 2.22 bits per heavy atom. The number of hydrogen-bond donors (Lipinski definition) is 0. The number of aryl methyl sites for hydroxylation is 1. The SMILES string of the molecule is Cc1ccc(-c2cc(-c3nc4ccccc4c(=O)n3-c3ccc(Cl)cc3)n(-c3ccc(Br)cc3)n2)cc1. The van der Waals surface area contributed by atoms with Crippen LogP contribution in [0, 0.1) is 6.92 Å². The number of rotatable bonds is 4. The third-order valence-corrected chi connectivity index (χ3v) is 7.00. The molecular weight excluding hydrogens is 548 g/mol. The molecule has 180 valence electrons. The molecule has 7 heteroatoms. The third-order valence-electron chi connectivity index (χ3n) is 6.22. The Bertz CT molecular complexity index is 1810. The summed E-state index contributed by atoms with van der Waals surface area (Å²) in [5.41, 5.74) is 5.59. The lowest BCUT2D eigenvalue weighted by Crippen LogP contribution is -2.22. The summed E-state index contributed by atoms with van der Waals surface area (Å²) in [5, 5.41) is 6.10. The van der Waals surface area contributed by atoms with Crippen molar-refractivity contribution in [1.29, 1.82) is 0 Å². The van der Waals surface area contributed by atoms with Gasteiger partial charge in [-0.2, -0.15) is 5.10 Å². The Morgan fingerprint density at radius 2 is 1.49 bits per heavy atom. The topological polar surface area (TPSA) is 52.7 Å². The summed E-state index contributed by atoms with van der Waals surface area (Å²) in [6.45, 7) is 2.06. The second-order valence-corrected chi connectivity index (χ2v) is 10.1. The predicted octanol–water partition coefficient (Wildman–Crippen LogP) is 7.63. The maximum Gasteiger partial charge on any atom is 0.266 e. The Labute approximate surface area is 226 Å². The van der Waals surface area contributed by atoms with Crippen LogP contribution < -0.4 is 5.56 Å². The summed E-state index contributed by atoms with van der Waals surface area (Å²) in [4.78, 5) is 18.9. The van der Waals surface area contributed by atoms with Crippen LogP contribution in [0.25, 0.3) is 45.1 Å². The summed E-state index contributed by atoms with van der Waals surface area (Å²) in [6, 6.07) is 32.7. The molecule has 0 unspecified atom stereocenters. The van der Waals surface area contributed by atoms with Gasteiger partial charge < -0.3 is 0 Å². The van der Waals surface area contributed by atoms with Crippen LogP contribution in [0.4, 0.5) is 0 Å². The largest absolute Gasteiger partial charge is 0.268 e. The number of para-hydroxylation sites is 1.